The summed E-state index contributed by atoms with van der Waals surface area (Å²) in [4.78, 5) is 10.9. The molecule has 0 radical (unpaired) electrons. The summed E-state index contributed by atoms with van der Waals surface area (Å²) in [6.45, 7) is 2.93. The summed E-state index contributed by atoms with van der Waals surface area (Å²) in [5.74, 6) is -1.98. The maximum absolute atomic E-state index is 14.2. The Labute approximate surface area is 110 Å². The van der Waals surface area contributed by atoms with Crippen LogP contribution in [0.5, 0.6) is 0 Å². The molecule has 1 saturated heterocycles. The Morgan fingerprint density at radius 1 is 1.47 bits per heavy atom. The molecule has 1 aromatic carbocycles. The number of hydrogen-bond acceptors (Lipinski definition) is 2. The topological polar surface area (TPSA) is 49.3 Å². The van der Waals surface area contributed by atoms with Crippen molar-refractivity contribution in [1.29, 1.82) is 0 Å². The van der Waals surface area contributed by atoms with Crippen LogP contribution in [-0.2, 0) is 10.5 Å². The highest BCUT2D eigenvalue weighted by Crippen LogP contribution is 2.37. The summed E-state index contributed by atoms with van der Waals surface area (Å²) >= 11 is 0. The number of rotatable bonds is 3. The number of carboxylic acids is 1. The van der Waals surface area contributed by atoms with Crippen molar-refractivity contribution in [2.45, 2.75) is 32.0 Å². The molecule has 1 aromatic rings. The van der Waals surface area contributed by atoms with Crippen LogP contribution in [0, 0.1) is 11.7 Å². The van der Waals surface area contributed by atoms with Crippen LogP contribution in [-0.4, -0.2) is 17.6 Å². The molecule has 1 heterocycles. The first kappa shape index (κ1) is 13.9. The van der Waals surface area contributed by atoms with Crippen LogP contribution in [0.4, 0.5) is 8.78 Å². The Morgan fingerprint density at radius 2 is 2.16 bits per heavy atom. The van der Waals surface area contributed by atoms with E-state index in [-0.39, 0.29) is 11.6 Å². The minimum absolute atomic E-state index is 0.0125. The highest BCUT2D eigenvalue weighted by atomic mass is 19.1. The lowest BCUT2D eigenvalue weighted by Gasteiger charge is -2.23. The zero-order valence-corrected chi connectivity index (χ0v) is 10.9. The van der Waals surface area contributed by atoms with Crippen LogP contribution in [0.3, 0.4) is 0 Å². The lowest BCUT2D eigenvalue weighted by molar-refractivity contribution is -0.141. The number of benzene rings is 1. The predicted octanol–water partition coefficient (Wildman–Crippen LogP) is 2.77. The quantitative estimate of drug-likeness (QED) is 0.887. The van der Waals surface area contributed by atoms with Gasteiger partial charge in [0.25, 0.3) is 0 Å². The number of carboxylic acid groups (broad SMARTS) is 1. The zero-order valence-electron chi connectivity index (χ0n) is 10.9. The molecule has 19 heavy (non-hydrogen) atoms. The van der Waals surface area contributed by atoms with Crippen molar-refractivity contribution >= 4 is 5.97 Å². The van der Waals surface area contributed by atoms with Gasteiger partial charge in [0, 0.05) is 18.2 Å². The van der Waals surface area contributed by atoms with Crippen molar-refractivity contribution in [2.24, 2.45) is 5.92 Å². The van der Waals surface area contributed by atoms with Crippen molar-refractivity contribution in [3.63, 3.8) is 0 Å². The normalized spacial score (nSPS) is 23.6. The van der Waals surface area contributed by atoms with Crippen molar-refractivity contribution in [3.8, 4) is 0 Å². The van der Waals surface area contributed by atoms with Gasteiger partial charge in [-0.05, 0) is 31.9 Å². The fraction of sp³-hybridized carbons (Fsp3) is 0.500. The molecular weight excluding hydrogens is 252 g/mol. The first-order valence-electron chi connectivity index (χ1n) is 6.24. The van der Waals surface area contributed by atoms with Crippen molar-refractivity contribution < 1.29 is 18.7 Å². The van der Waals surface area contributed by atoms with E-state index in [1.54, 1.807) is 6.07 Å². The van der Waals surface area contributed by atoms with Gasteiger partial charge in [-0.15, -0.1) is 0 Å². The number of carbonyl (C=O) groups is 1. The Kier molecular flexibility index (Phi) is 3.58. The third-order valence-electron chi connectivity index (χ3n) is 3.50. The first-order valence-corrected chi connectivity index (χ1v) is 6.24. The van der Waals surface area contributed by atoms with E-state index in [4.69, 9.17) is 5.11 Å². The van der Waals surface area contributed by atoms with Gasteiger partial charge in [0.15, 0.2) is 0 Å². The van der Waals surface area contributed by atoms with E-state index >= 15 is 0 Å². The average Bonchev–Trinajstić information content (AvgIpc) is 2.75. The summed E-state index contributed by atoms with van der Waals surface area (Å²) in [5.41, 5.74) is -1.28. The first-order chi connectivity index (χ1) is 8.80. The van der Waals surface area contributed by atoms with Crippen LogP contribution in [0.15, 0.2) is 18.2 Å². The smallest absolute Gasteiger partial charge is 0.307 e. The van der Waals surface area contributed by atoms with Gasteiger partial charge >= 0.3 is 5.97 Å². The monoisotopic (exact) mass is 269 g/mol. The molecule has 2 rings (SSSR count). The zero-order chi connectivity index (χ0) is 14.2. The molecule has 0 saturated carbocycles. The molecular formula is C14H17F2NO2. The minimum Gasteiger partial charge on any atom is -0.481 e. The fourth-order valence-electron chi connectivity index (χ4n) is 2.62. The van der Waals surface area contributed by atoms with E-state index in [2.05, 4.69) is 5.32 Å². The van der Waals surface area contributed by atoms with E-state index in [1.807, 2.05) is 0 Å². The van der Waals surface area contributed by atoms with Gasteiger partial charge in [0.1, 0.15) is 11.5 Å². The molecule has 5 heteroatoms. The Morgan fingerprint density at radius 3 is 2.68 bits per heavy atom. The van der Waals surface area contributed by atoms with Gasteiger partial charge in [-0.3, -0.25) is 4.79 Å². The second-order valence-electron chi connectivity index (χ2n) is 5.41. The molecule has 0 aliphatic carbocycles. The van der Waals surface area contributed by atoms with Crippen LogP contribution in [0.25, 0.3) is 0 Å². The van der Waals surface area contributed by atoms with Crippen molar-refractivity contribution in [3.05, 3.63) is 35.1 Å². The Hall–Kier alpha value is -1.49. The van der Waals surface area contributed by atoms with E-state index in [1.165, 1.54) is 26.0 Å². The largest absolute Gasteiger partial charge is 0.481 e. The molecule has 1 fully saturated rings. The molecule has 104 valence electrons. The molecule has 2 unspecified atom stereocenters. The highest BCUT2D eigenvalue weighted by Gasteiger charge is 2.35. The second kappa shape index (κ2) is 4.89. The third-order valence-corrected chi connectivity index (χ3v) is 3.50. The van der Waals surface area contributed by atoms with Gasteiger partial charge in [-0.1, -0.05) is 12.1 Å². The van der Waals surface area contributed by atoms with Crippen molar-refractivity contribution in [2.75, 3.05) is 6.54 Å². The molecule has 2 atom stereocenters. The van der Waals surface area contributed by atoms with Crippen LogP contribution < -0.4 is 5.32 Å². The highest BCUT2D eigenvalue weighted by molar-refractivity contribution is 5.70. The minimum atomic E-state index is -1.80. The second-order valence-corrected chi connectivity index (χ2v) is 5.41. The van der Waals surface area contributed by atoms with Crippen LogP contribution in [0.1, 0.15) is 37.4 Å². The van der Waals surface area contributed by atoms with E-state index < -0.39 is 23.4 Å². The molecule has 0 bridgehead atoms. The lowest BCUT2D eigenvalue weighted by Crippen LogP contribution is -2.21. The number of halogens is 2. The molecule has 1 aliphatic heterocycles. The molecule has 0 aromatic heterocycles. The Balaban J connectivity index is 2.36. The van der Waals surface area contributed by atoms with Crippen LogP contribution >= 0.6 is 0 Å². The standard InChI is InChI=1S/C14H17F2NO2/c1-14(2,16)12-9(4-3-5-10(12)15)11-6-8(7-17-11)13(18)19/h3-5,8,11,17H,6-7H2,1-2H3,(H,18,19). The third kappa shape index (κ3) is 2.76. The predicted molar refractivity (Wildman–Crippen MR) is 67.0 cm³/mol. The van der Waals surface area contributed by atoms with Gasteiger partial charge in [0.05, 0.1) is 5.92 Å². The maximum atomic E-state index is 14.2. The van der Waals surface area contributed by atoms with Gasteiger partial charge < -0.3 is 10.4 Å². The summed E-state index contributed by atoms with van der Waals surface area (Å²) < 4.78 is 28.0. The van der Waals surface area contributed by atoms with Gasteiger partial charge in [-0.25, -0.2) is 8.78 Å². The van der Waals surface area contributed by atoms with E-state index in [9.17, 15) is 13.6 Å². The summed E-state index contributed by atoms with van der Waals surface area (Å²) in [7, 11) is 0. The lowest BCUT2D eigenvalue weighted by atomic mass is 9.88. The maximum Gasteiger partial charge on any atom is 0.307 e. The summed E-state index contributed by atoms with van der Waals surface area (Å²) in [6.07, 6.45) is 0.349. The summed E-state index contributed by atoms with van der Waals surface area (Å²) in [6, 6.07) is 4.09. The number of hydrogen-bond donors (Lipinski definition) is 2. The number of alkyl halides is 1. The number of aliphatic carboxylic acids is 1. The van der Waals surface area contributed by atoms with Crippen LogP contribution in [0.2, 0.25) is 0 Å². The Bertz CT molecular complexity index is 497. The average molecular weight is 269 g/mol. The van der Waals surface area contributed by atoms with Gasteiger partial charge in [0.2, 0.25) is 0 Å². The summed E-state index contributed by atoms with van der Waals surface area (Å²) in [5, 5.41) is 12.0. The molecule has 3 nitrogen and oxygen atoms in total. The van der Waals surface area contributed by atoms with Crippen molar-refractivity contribution in [1.82, 2.24) is 5.32 Å². The molecule has 0 spiro atoms. The molecule has 0 amide bonds. The molecule has 2 N–H and O–H groups in total. The fourth-order valence-corrected chi connectivity index (χ4v) is 2.62. The molecule has 1 aliphatic rings. The van der Waals surface area contributed by atoms with Gasteiger partial charge in [-0.2, -0.15) is 0 Å². The SMILES string of the molecule is CC(C)(F)c1c(F)cccc1C1CC(C(=O)O)CN1. The number of nitrogens with one attached hydrogen (secondary N) is 1. The van der Waals surface area contributed by atoms with E-state index in [0.717, 1.165) is 0 Å². The van der Waals surface area contributed by atoms with E-state index in [0.29, 0.717) is 18.5 Å².